The third-order valence-electron chi connectivity index (χ3n) is 4.54. The average Bonchev–Trinajstić information content (AvgIpc) is 3.25. The van der Waals surface area contributed by atoms with Crippen molar-refractivity contribution >= 4 is 27.9 Å². The van der Waals surface area contributed by atoms with Gasteiger partial charge >= 0.3 is 0 Å². The Hall–Kier alpha value is -3.67. The van der Waals surface area contributed by atoms with E-state index in [-0.39, 0.29) is 0 Å². The van der Waals surface area contributed by atoms with Gasteiger partial charge in [0.05, 0.1) is 23.0 Å². The molecule has 0 amide bonds. The van der Waals surface area contributed by atoms with E-state index in [4.69, 9.17) is 10.7 Å². The summed E-state index contributed by atoms with van der Waals surface area (Å²) in [6.45, 7) is 0.587. The molecule has 2 aromatic carbocycles. The molecule has 126 valence electrons. The Morgan fingerprint density at radius 3 is 2.58 bits per heavy atom. The molecule has 0 saturated heterocycles. The van der Waals surface area contributed by atoms with Gasteiger partial charge in [0, 0.05) is 11.9 Å². The van der Waals surface area contributed by atoms with E-state index in [2.05, 4.69) is 32.7 Å². The SMILES string of the molecule is Nc1ncnc2c1ccn2Cc1nc2ccccc2n1-c1ccccc1. The lowest BCUT2D eigenvalue weighted by molar-refractivity contribution is 0.752. The molecule has 0 radical (unpaired) electrons. The van der Waals surface area contributed by atoms with Crippen LogP contribution in [0.3, 0.4) is 0 Å². The normalized spacial score (nSPS) is 11.4. The third-order valence-corrected chi connectivity index (χ3v) is 4.54. The summed E-state index contributed by atoms with van der Waals surface area (Å²) in [6, 6.07) is 20.4. The van der Waals surface area contributed by atoms with Crippen molar-refractivity contribution in [2.75, 3.05) is 5.73 Å². The zero-order chi connectivity index (χ0) is 17.5. The van der Waals surface area contributed by atoms with Crippen LogP contribution in [-0.2, 0) is 6.54 Å². The smallest absolute Gasteiger partial charge is 0.145 e. The number of nitrogens with two attached hydrogens (primary N) is 1. The number of para-hydroxylation sites is 3. The Balaban J connectivity index is 1.70. The third kappa shape index (κ3) is 2.23. The van der Waals surface area contributed by atoms with Gasteiger partial charge in [-0.1, -0.05) is 30.3 Å². The lowest BCUT2D eigenvalue weighted by Gasteiger charge is -2.10. The van der Waals surface area contributed by atoms with Crippen LogP contribution in [0.15, 0.2) is 73.2 Å². The largest absolute Gasteiger partial charge is 0.383 e. The van der Waals surface area contributed by atoms with Crippen molar-refractivity contribution in [3.8, 4) is 5.69 Å². The highest BCUT2D eigenvalue weighted by Crippen LogP contribution is 2.24. The molecule has 0 aliphatic carbocycles. The molecule has 0 spiro atoms. The Labute approximate surface area is 149 Å². The highest BCUT2D eigenvalue weighted by molar-refractivity contribution is 5.86. The predicted molar refractivity (Wildman–Crippen MR) is 102 cm³/mol. The van der Waals surface area contributed by atoms with E-state index in [1.54, 1.807) is 0 Å². The first-order chi connectivity index (χ1) is 12.8. The van der Waals surface area contributed by atoms with Gasteiger partial charge in [-0.3, -0.25) is 4.57 Å². The van der Waals surface area contributed by atoms with Crippen LogP contribution in [0.1, 0.15) is 5.82 Å². The number of aromatic nitrogens is 5. The fourth-order valence-corrected chi connectivity index (χ4v) is 3.35. The van der Waals surface area contributed by atoms with E-state index in [1.807, 2.05) is 53.2 Å². The van der Waals surface area contributed by atoms with Gasteiger partial charge in [-0.15, -0.1) is 0 Å². The second-order valence-corrected chi connectivity index (χ2v) is 6.13. The molecule has 0 atom stereocenters. The first-order valence-corrected chi connectivity index (χ1v) is 8.38. The number of rotatable bonds is 3. The maximum atomic E-state index is 5.96. The summed E-state index contributed by atoms with van der Waals surface area (Å²) in [4.78, 5) is 13.3. The molecule has 5 aromatic rings. The molecule has 0 fully saturated rings. The maximum Gasteiger partial charge on any atom is 0.145 e. The van der Waals surface area contributed by atoms with Gasteiger partial charge in [-0.05, 0) is 30.3 Å². The van der Waals surface area contributed by atoms with Gasteiger partial charge in [0.1, 0.15) is 23.6 Å². The van der Waals surface area contributed by atoms with E-state index in [9.17, 15) is 0 Å². The van der Waals surface area contributed by atoms with Crippen LogP contribution in [0.5, 0.6) is 0 Å². The second-order valence-electron chi connectivity index (χ2n) is 6.13. The number of hydrogen-bond donors (Lipinski definition) is 1. The zero-order valence-corrected chi connectivity index (χ0v) is 13.9. The van der Waals surface area contributed by atoms with Crippen molar-refractivity contribution in [3.63, 3.8) is 0 Å². The van der Waals surface area contributed by atoms with E-state index in [0.29, 0.717) is 12.4 Å². The Morgan fingerprint density at radius 2 is 1.69 bits per heavy atom. The van der Waals surface area contributed by atoms with Crippen LogP contribution in [0.2, 0.25) is 0 Å². The van der Waals surface area contributed by atoms with Crippen LogP contribution in [0, 0.1) is 0 Å². The van der Waals surface area contributed by atoms with E-state index >= 15 is 0 Å². The van der Waals surface area contributed by atoms with Gasteiger partial charge in [0.25, 0.3) is 0 Å². The molecule has 3 heterocycles. The zero-order valence-electron chi connectivity index (χ0n) is 13.9. The van der Waals surface area contributed by atoms with E-state index in [1.165, 1.54) is 6.33 Å². The van der Waals surface area contributed by atoms with Gasteiger partial charge < -0.3 is 10.3 Å². The minimum absolute atomic E-state index is 0.491. The van der Waals surface area contributed by atoms with Crippen molar-refractivity contribution in [2.45, 2.75) is 6.54 Å². The van der Waals surface area contributed by atoms with Crippen molar-refractivity contribution in [1.82, 2.24) is 24.1 Å². The van der Waals surface area contributed by atoms with Gasteiger partial charge in [0.2, 0.25) is 0 Å². The summed E-state index contributed by atoms with van der Waals surface area (Å²) in [7, 11) is 0. The lowest BCUT2D eigenvalue weighted by Crippen LogP contribution is -2.07. The molecule has 0 bridgehead atoms. The quantitative estimate of drug-likeness (QED) is 0.546. The number of anilines is 1. The lowest BCUT2D eigenvalue weighted by atomic mass is 10.3. The van der Waals surface area contributed by atoms with E-state index < -0.39 is 0 Å². The standard InChI is InChI=1S/C20H16N6/c21-19-15-10-11-25(20(15)23-13-22-19)12-18-24-16-8-4-5-9-17(16)26(18)14-6-2-1-3-7-14/h1-11,13H,12H2,(H2,21,22,23). The molecule has 6 heteroatoms. The maximum absolute atomic E-state index is 5.96. The number of benzene rings is 2. The first-order valence-electron chi connectivity index (χ1n) is 8.38. The molecule has 0 saturated carbocycles. The minimum atomic E-state index is 0.491. The van der Waals surface area contributed by atoms with Crippen molar-refractivity contribution in [2.24, 2.45) is 0 Å². The molecule has 0 unspecified atom stereocenters. The van der Waals surface area contributed by atoms with Gasteiger partial charge in [-0.25, -0.2) is 15.0 Å². The number of nitrogens with zero attached hydrogens (tertiary/aromatic N) is 5. The second kappa shape index (κ2) is 5.70. The summed E-state index contributed by atoms with van der Waals surface area (Å²) in [6.07, 6.45) is 3.47. The van der Waals surface area contributed by atoms with Gasteiger partial charge in [0.15, 0.2) is 0 Å². The van der Waals surface area contributed by atoms with Crippen molar-refractivity contribution in [3.05, 3.63) is 79.0 Å². The fourth-order valence-electron chi connectivity index (χ4n) is 3.35. The molecule has 26 heavy (non-hydrogen) atoms. The highest BCUT2D eigenvalue weighted by atomic mass is 15.1. The molecule has 6 nitrogen and oxygen atoms in total. The number of hydrogen-bond acceptors (Lipinski definition) is 4. The van der Waals surface area contributed by atoms with Crippen LogP contribution in [-0.4, -0.2) is 24.1 Å². The summed E-state index contributed by atoms with van der Waals surface area (Å²) in [5.41, 5.74) is 9.91. The number of fused-ring (bicyclic) bond motifs is 2. The molecule has 3 aromatic heterocycles. The molecule has 0 aliphatic heterocycles. The molecule has 0 aliphatic rings. The number of nitrogen functional groups attached to an aromatic ring is 1. The predicted octanol–water partition coefficient (Wildman–Crippen LogP) is 3.40. The van der Waals surface area contributed by atoms with Crippen molar-refractivity contribution in [1.29, 1.82) is 0 Å². The summed E-state index contributed by atoms with van der Waals surface area (Å²) >= 11 is 0. The first kappa shape index (κ1) is 14.7. The molecule has 5 rings (SSSR count). The molecule has 2 N–H and O–H groups in total. The summed E-state index contributed by atoms with van der Waals surface area (Å²) < 4.78 is 4.24. The number of imidazole rings is 1. The van der Waals surface area contributed by atoms with E-state index in [0.717, 1.165) is 33.6 Å². The fraction of sp³-hybridized carbons (Fsp3) is 0.0500. The summed E-state index contributed by atoms with van der Waals surface area (Å²) in [5, 5.41) is 0.856. The van der Waals surface area contributed by atoms with Gasteiger partial charge in [-0.2, -0.15) is 0 Å². The van der Waals surface area contributed by atoms with Crippen LogP contribution in [0.4, 0.5) is 5.82 Å². The Morgan fingerprint density at radius 1 is 0.885 bits per heavy atom. The molecular formula is C20H16N6. The van der Waals surface area contributed by atoms with Crippen LogP contribution < -0.4 is 5.73 Å². The Kier molecular flexibility index (Phi) is 3.21. The highest BCUT2D eigenvalue weighted by Gasteiger charge is 2.14. The topological polar surface area (TPSA) is 74.6 Å². The summed E-state index contributed by atoms with van der Waals surface area (Å²) in [5.74, 6) is 1.43. The Bertz CT molecular complexity index is 1220. The minimum Gasteiger partial charge on any atom is -0.383 e. The molecular weight excluding hydrogens is 324 g/mol. The van der Waals surface area contributed by atoms with Crippen molar-refractivity contribution < 1.29 is 0 Å². The van der Waals surface area contributed by atoms with Crippen LogP contribution >= 0.6 is 0 Å². The van der Waals surface area contributed by atoms with Crippen LogP contribution in [0.25, 0.3) is 27.8 Å². The monoisotopic (exact) mass is 340 g/mol. The average molecular weight is 340 g/mol.